The highest BCUT2D eigenvalue weighted by atomic mass is 16.6. The molecule has 2 amide bonds. The molecule has 2 aromatic carbocycles. The van der Waals surface area contributed by atoms with Gasteiger partial charge in [-0.2, -0.15) is 0 Å². The zero-order valence-corrected chi connectivity index (χ0v) is 26.7. The Morgan fingerprint density at radius 1 is 1.00 bits per heavy atom. The SMILES string of the molecule is CC(=O)OC1Cc2ccccc2C1n1cnc(NC(=O)C(COCc2ccccc2)CC(=O)C(C)(C)NC(=O)OC(C)(C)C)c1. The van der Waals surface area contributed by atoms with Crippen LogP contribution in [0.3, 0.4) is 0 Å². The number of hydrogen-bond donors (Lipinski definition) is 2. The van der Waals surface area contributed by atoms with E-state index in [1.807, 2.05) is 59.2 Å². The Labute approximate surface area is 263 Å². The number of rotatable bonds is 12. The molecule has 0 saturated heterocycles. The fourth-order valence-electron chi connectivity index (χ4n) is 5.22. The zero-order valence-electron chi connectivity index (χ0n) is 26.7. The van der Waals surface area contributed by atoms with Crippen LogP contribution < -0.4 is 10.6 Å². The van der Waals surface area contributed by atoms with Crippen molar-refractivity contribution in [3.05, 3.63) is 83.8 Å². The predicted octanol–water partition coefficient (Wildman–Crippen LogP) is 4.99. The molecule has 0 spiro atoms. The van der Waals surface area contributed by atoms with Gasteiger partial charge in [0.2, 0.25) is 5.91 Å². The third-order valence-corrected chi connectivity index (χ3v) is 7.38. The fourth-order valence-corrected chi connectivity index (χ4v) is 5.22. The molecule has 0 radical (unpaired) electrons. The summed E-state index contributed by atoms with van der Waals surface area (Å²) in [5.74, 6) is -1.81. The summed E-state index contributed by atoms with van der Waals surface area (Å²) in [6.07, 6.45) is 2.48. The van der Waals surface area contributed by atoms with E-state index in [-0.39, 0.29) is 43.2 Å². The molecule has 1 aliphatic rings. The van der Waals surface area contributed by atoms with E-state index in [0.29, 0.717) is 6.42 Å². The van der Waals surface area contributed by atoms with Crippen LogP contribution in [-0.4, -0.2) is 57.2 Å². The van der Waals surface area contributed by atoms with Crippen LogP contribution in [0.1, 0.15) is 70.7 Å². The number of hydrogen-bond acceptors (Lipinski definition) is 8. The molecule has 0 fully saturated rings. The van der Waals surface area contributed by atoms with Crippen molar-refractivity contribution in [2.24, 2.45) is 5.92 Å². The fraction of sp³-hybridized carbons (Fsp3) is 0.441. The highest BCUT2D eigenvalue weighted by Crippen LogP contribution is 2.37. The Kier molecular flexibility index (Phi) is 10.4. The first-order chi connectivity index (χ1) is 21.2. The molecule has 45 heavy (non-hydrogen) atoms. The van der Waals surface area contributed by atoms with Crippen molar-refractivity contribution in [1.29, 1.82) is 0 Å². The van der Waals surface area contributed by atoms with Gasteiger partial charge in [-0.15, -0.1) is 0 Å². The second-order valence-electron chi connectivity index (χ2n) is 12.8. The standard InChI is InChI=1S/C34H42N4O7/c1-22(39)44-27-16-24-14-10-11-15-26(24)30(27)38-18-29(35-21-38)36-31(41)25(20-43-19-23-12-8-7-9-13-23)17-28(40)34(5,6)37-32(42)45-33(2,3)4/h7-15,18,21,25,27,30H,16-17,19-20H2,1-6H3,(H,36,41)(H,37,42). The maximum atomic E-state index is 13.6. The summed E-state index contributed by atoms with van der Waals surface area (Å²) >= 11 is 0. The molecule has 3 aromatic rings. The van der Waals surface area contributed by atoms with Crippen molar-refractivity contribution in [3.63, 3.8) is 0 Å². The Bertz CT molecular complexity index is 1510. The first-order valence-electron chi connectivity index (χ1n) is 15.0. The molecule has 0 saturated carbocycles. The summed E-state index contributed by atoms with van der Waals surface area (Å²) in [5, 5.41) is 5.43. The summed E-state index contributed by atoms with van der Waals surface area (Å²) in [7, 11) is 0. The largest absolute Gasteiger partial charge is 0.460 e. The van der Waals surface area contributed by atoms with E-state index >= 15 is 0 Å². The topological polar surface area (TPSA) is 138 Å². The lowest BCUT2D eigenvalue weighted by molar-refractivity contribution is -0.147. The van der Waals surface area contributed by atoms with Gasteiger partial charge >= 0.3 is 12.1 Å². The first kappa shape index (κ1) is 33.4. The molecule has 3 atom stereocenters. The maximum Gasteiger partial charge on any atom is 0.408 e. The Balaban J connectivity index is 1.49. The minimum atomic E-state index is -1.30. The molecular weight excluding hydrogens is 576 g/mol. The number of anilines is 1. The number of aromatic nitrogens is 2. The lowest BCUT2D eigenvalue weighted by Gasteiger charge is -2.28. The molecule has 1 aromatic heterocycles. The highest BCUT2D eigenvalue weighted by Gasteiger charge is 2.37. The van der Waals surface area contributed by atoms with Crippen LogP contribution in [-0.2, 0) is 41.6 Å². The molecular formula is C34H42N4O7. The molecule has 11 heteroatoms. The van der Waals surface area contributed by atoms with Gasteiger partial charge in [0.05, 0.1) is 37.0 Å². The number of Topliss-reactive ketones (excluding diaryl/α,β-unsaturated/α-hetero) is 1. The minimum Gasteiger partial charge on any atom is -0.460 e. The lowest BCUT2D eigenvalue weighted by Crippen LogP contribution is -2.52. The highest BCUT2D eigenvalue weighted by molar-refractivity contribution is 5.98. The van der Waals surface area contributed by atoms with E-state index in [0.717, 1.165) is 16.7 Å². The number of ketones is 1. The normalized spacial score (nSPS) is 16.8. The molecule has 1 heterocycles. The van der Waals surface area contributed by atoms with Crippen LogP contribution in [0.5, 0.6) is 0 Å². The monoisotopic (exact) mass is 618 g/mol. The Morgan fingerprint density at radius 2 is 1.69 bits per heavy atom. The number of amides is 2. The third kappa shape index (κ3) is 9.24. The number of carbonyl (C=O) groups excluding carboxylic acids is 4. The molecule has 3 unspecified atom stereocenters. The van der Waals surface area contributed by atoms with Gasteiger partial charge in [0.25, 0.3) is 0 Å². The van der Waals surface area contributed by atoms with Gasteiger partial charge in [-0.1, -0.05) is 54.6 Å². The molecule has 240 valence electrons. The number of nitrogens with one attached hydrogen (secondary N) is 2. The van der Waals surface area contributed by atoms with Crippen LogP contribution in [0.25, 0.3) is 0 Å². The van der Waals surface area contributed by atoms with E-state index in [4.69, 9.17) is 14.2 Å². The van der Waals surface area contributed by atoms with Crippen LogP contribution in [0.4, 0.5) is 10.6 Å². The van der Waals surface area contributed by atoms with E-state index in [1.54, 1.807) is 47.1 Å². The number of carbonyl (C=O) groups is 4. The number of alkyl carbamates (subject to hydrolysis) is 1. The number of benzene rings is 2. The summed E-state index contributed by atoms with van der Waals surface area (Å²) in [5.41, 5.74) is 0.969. The van der Waals surface area contributed by atoms with E-state index in [9.17, 15) is 19.2 Å². The van der Waals surface area contributed by atoms with Crippen molar-refractivity contribution in [3.8, 4) is 0 Å². The molecule has 0 aliphatic heterocycles. The quantitative estimate of drug-likeness (QED) is 0.271. The van der Waals surface area contributed by atoms with E-state index in [2.05, 4.69) is 15.6 Å². The van der Waals surface area contributed by atoms with Crippen molar-refractivity contribution >= 4 is 29.6 Å². The van der Waals surface area contributed by atoms with E-state index in [1.165, 1.54) is 6.92 Å². The summed E-state index contributed by atoms with van der Waals surface area (Å²) in [4.78, 5) is 55.6. The van der Waals surface area contributed by atoms with Crippen molar-refractivity contribution < 1.29 is 33.4 Å². The van der Waals surface area contributed by atoms with Crippen molar-refractivity contribution in [2.75, 3.05) is 11.9 Å². The van der Waals surface area contributed by atoms with E-state index < -0.39 is 35.2 Å². The van der Waals surface area contributed by atoms with Crippen molar-refractivity contribution in [2.45, 2.75) is 84.3 Å². The maximum absolute atomic E-state index is 13.6. The van der Waals surface area contributed by atoms with Gasteiger partial charge < -0.3 is 29.4 Å². The number of ether oxygens (including phenoxy) is 3. The average molecular weight is 619 g/mol. The first-order valence-corrected chi connectivity index (χ1v) is 15.0. The van der Waals surface area contributed by atoms with Gasteiger partial charge in [-0.05, 0) is 51.3 Å². The van der Waals surface area contributed by atoms with Gasteiger partial charge in [-0.3, -0.25) is 14.4 Å². The molecule has 11 nitrogen and oxygen atoms in total. The second-order valence-corrected chi connectivity index (χ2v) is 12.8. The van der Waals surface area contributed by atoms with Gasteiger partial charge in [0, 0.05) is 26.0 Å². The van der Waals surface area contributed by atoms with Crippen LogP contribution in [0, 0.1) is 5.92 Å². The number of imidazole rings is 1. The van der Waals surface area contributed by atoms with Gasteiger partial charge in [0.1, 0.15) is 11.7 Å². The summed E-state index contributed by atoms with van der Waals surface area (Å²) < 4.78 is 18.6. The van der Waals surface area contributed by atoms with Gasteiger partial charge in [0.15, 0.2) is 11.6 Å². The summed E-state index contributed by atoms with van der Waals surface area (Å²) in [6, 6.07) is 17.0. The summed E-state index contributed by atoms with van der Waals surface area (Å²) in [6.45, 7) is 9.93. The average Bonchev–Trinajstić information content (AvgIpc) is 3.54. The molecule has 4 rings (SSSR count). The van der Waals surface area contributed by atoms with Crippen LogP contribution >= 0.6 is 0 Å². The zero-order chi connectivity index (χ0) is 32.8. The number of esters is 1. The third-order valence-electron chi connectivity index (χ3n) is 7.38. The van der Waals surface area contributed by atoms with Crippen LogP contribution in [0.15, 0.2) is 67.1 Å². The molecule has 2 N–H and O–H groups in total. The Hall–Kier alpha value is -4.51. The van der Waals surface area contributed by atoms with Gasteiger partial charge in [-0.25, -0.2) is 9.78 Å². The molecule has 1 aliphatic carbocycles. The second kappa shape index (κ2) is 14.1. The molecule has 0 bridgehead atoms. The lowest BCUT2D eigenvalue weighted by atomic mass is 9.90. The minimum absolute atomic E-state index is 0.0414. The number of fused-ring (bicyclic) bond motifs is 1. The predicted molar refractivity (Wildman–Crippen MR) is 167 cm³/mol. The smallest absolute Gasteiger partial charge is 0.408 e. The Morgan fingerprint density at radius 3 is 2.38 bits per heavy atom. The van der Waals surface area contributed by atoms with Crippen molar-refractivity contribution in [1.82, 2.24) is 14.9 Å². The van der Waals surface area contributed by atoms with Crippen LogP contribution in [0.2, 0.25) is 0 Å². The number of nitrogens with zero attached hydrogens (tertiary/aromatic N) is 2.